The van der Waals surface area contributed by atoms with Gasteiger partial charge in [0.2, 0.25) is 0 Å². The second-order valence-electron chi connectivity index (χ2n) is 6.72. The molecular weight excluding hydrogens is 479 g/mol. The van der Waals surface area contributed by atoms with Gasteiger partial charge in [0.25, 0.3) is 5.91 Å². The number of urea groups is 1. The normalized spacial score (nSPS) is 11.0. The molecule has 0 fully saturated rings. The summed E-state index contributed by atoms with van der Waals surface area (Å²) < 4.78 is 38.5. The third-order valence-electron chi connectivity index (χ3n) is 4.40. The van der Waals surface area contributed by atoms with E-state index < -0.39 is 18.8 Å². The molecule has 0 bridgehead atoms. The third-order valence-corrected chi connectivity index (χ3v) is 5.18. The van der Waals surface area contributed by atoms with E-state index in [2.05, 4.69) is 15.6 Å². The number of amides is 3. The van der Waals surface area contributed by atoms with Crippen LogP contribution in [-0.4, -0.2) is 34.0 Å². The first-order valence-corrected chi connectivity index (χ1v) is 10.2. The van der Waals surface area contributed by atoms with Gasteiger partial charge in [-0.05, 0) is 41.8 Å². The number of aromatic nitrogens is 2. The number of carbonyl (C=O) groups is 2. The minimum atomic E-state index is -4.49. The number of nitrogens with zero attached hydrogens (tertiary/aromatic N) is 2. The van der Waals surface area contributed by atoms with Gasteiger partial charge in [-0.25, -0.2) is 9.78 Å². The lowest BCUT2D eigenvalue weighted by molar-refractivity contribution is -0.122. The number of rotatable bonds is 5. The predicted octanol–water partition coefficient (Wildman–Crippen LogP) is 5.42. The van der Waals surface area contributed by atoms with Gasteiger partial charge in [0, 0.05) is 23.0 Å². The highest BCUT2D eigenvalue weighted by atomic mass is 35.5. The number of imidazole rings is 1. The van der Waals surface area contributed by atoms with Gasteiger partial charge in [-0.3, -0.25) is 9.20 Å². The summed E-state index contributed by atoms with van der Waals surface area (Å²) in [4.78, 5) is 28.5. The molecule has 0 aliphatic heterocycles. The maximum atomic E-state index is 12.4. The van der Waals surface area contributed by atoms with Crippen LogP contribution in [0, 0.1) is 0 Å². The molecule has 3 heterocycles. The predicted molar refractivity (Wildman–Crippen MR) is 123 cm³/mol. The number of fused-ring (bicyclic) bond motifs is 1. The zero-order valence-corrected chi connectivity index (χ0v) is 18.4. The van der Waals surface area contributed by atoms with Crippen molar-refractivity contribution in [3.8, 4) is 11.3 Å². The van der Waals surface area contributed by atoms with E-state index in [1.807, 2.05) is 11.4 Å². The van der Waals surface area contributed by atoms with Crippen LogP contribution in [-0.2, 0) is 0 Å². The Bertz CT molecular complexity index is 1270. The Kier molecular flexibility index (Phi) is 7.24. The van der Waals surface area contributed by atoms with Crippen LogP contribution in [0.2, 0.25) is 0 Å². The zero-order valence-electron chi connectivity index (χ0n) is 16.7. The SMILES string of the molecule is Cl.O=C(NCC(F)(F)F)Nc1cccc(-c2cnc3cc(C(=O)Nc4cccs4)ccn23)c1. The molecule has 0 radical (unpaired) electrons. The van der Waals surface area contributed by atoms with Crippen LogP contribution in [0.25, 0.3) is 16.9 Å². The second-order valence-corrected chi connectivity index (χ2v) is 7.67. The molecule has 33 heavy (non-hydrogen) atoms. The van der Waals surface area contributed by atoms with Crippen molar-refractivity contribution in [3.63, 3.8) is 0 Å². The highest BCUT2D eigenvalue weighted by Crippen LogP contribution is 2.25. The van der Waals surface area contributed by atoms with Gasteiger partial charge in [0.05, 0.1) is 16.9 Å². The number of halogens is 4. The van der Waals surface area contributed by atoms with Crippen LogP contribution in [0.15, 0.2) is 66.3 Å². The van der Waals surface area contributed by atoms with Gasteiger partial charge >= 0.3 is 12.2 Å². The fourth-order valence-electron chi connectivity index (χ4n) is 2.98. The smallest absolute Gasteiger partial charge is 0.329 e. The van der Waals surface area contributed by atoms with E-state index in [0.29, 0.717) is 28.2 Å². The van der Waals surface area contributed by atoms with Crippen LogP contribution in [0.1, 0.15) is 10.4 Å². The molecule has 0 unspecified atom stereocenters. The Balaban J connectivity index is 0.00000306. The number of hydrogen-bond donors (Lipinski definition) is 3. The highest BCUT2D eigenvalue weighted by Gasteiger charge is 2.27. The number of benzene rings is 1. The number of carbonyl (C=O) groups excluding carboxylic acids is 2. The summed E-state index contributed by atoms with van der Waals surface area (Å²) in [6, 6.07) is 12.6. The topological polar surface area (TPSA) is 87.5 Å². The molecule has 0 saturated carbocycles. The molecule has 3 amide bonds. The Hall–Kier alpha value is -3.57. The van der Waals surface area contributed by atoms with Crippen LogP contribution < -0.4 is 16.0 Å². The number of hydrogen-bond acceptors (Lipinski definition) is 4. The maximum absolute atomic E-state index is 12.4. The van der Waals surface area contributed by atoms with Gasteiger partial charge < -0.3 is 16.0 Å². The van der Waals surface area contributed by atoms with Crippen LogP contribution in [0.5, 0.6) is 0 Å². The molecule has 0 atom stereocenters. The summed E-state index contributed by atoms with van der Waals surface area (Å²) in [5.74, 6) is -0.254. The maximum Gasteiger partial charge on any atom is 0.405 e. The Labute approximate surface area is 196 Å². The summed E-state index contributed by atoms with van der Waals surface area (Å²) in [6.45, 7) is -1.42. The van der Waals surface area contributed by atoms with Crippen molar-refractivity contribution < 1.29 is 22.8 Å². The molecular formula is C21H17ClF3N5O2S. The Morgan fingerprint density at radius 2 is 1.88 bits per heavy atom. The van der Waals surface area contributed by atoms with E-state index in [4.69, 9.17) is 0 Å². The fourth-order valence-corrected chi connectivity index (χ4v) is 3.59. The number of nitrogens with one attached hydrogen (secondary N) is 3. The molecule has 4 aromatic rings. The monoisotopic (exact) mass is 495 g/mol. The quantitative estimate of drug-likeness (QED) is 0.345. The Morgan fingerprint density at radius 1 is 1.06 bits per heavy atom. The third kappa shape index (κ3) is 6.02. The number of anilines is 2. The van der Waals surface area contributed by atoms with Gasteiger partial charge in [-0.2, -0.15) is 13.2 Å². The van der Waals surface area contributed by atoms with Crippen LogP contribution >= 0.6 is 23.7 Å². The molecule has 172 valence electrons. The van der Waals surface area contributed by atoms with Crippen molar-refractivity contribution in [3.05, 3.63) is 71.9 Å². The summed E-state index contributed by atoms with van der Waals surface area (Å²) in [7, 11) is 0. The van der Waals surface area contributed by atoms with E-state index >= 15 is 0 Å². The van der Waals surface area contributed by atoms with Gasteiger partial charge in [-0.15, -0.1) is 23.7 Å². The molecule has 0 saturated heterocycles. The minimum absolute atomic E-state index is 0. The number of thiophene rings is 1. The van der Waals surface area contributed by atoms with Crippen molar-refractivity contribution in [1.29, 1.82) is 0 Å². The second kappa shape index (κ2) is 9.92. The molecule has 7 nitrogen and oxygen atoms in total. The van der Waals surface area contributed by atoms with Crippen molar-refractivity contribution in [2.75, 3.05) is 17.2 Å². The Morgan fingerprint density at radius 3 is 2.61 bits per heavy atom. The highest BCUT2D eigenvalue weighted by molar-refractivity contribution is 7.14. The largest absolute Gasteiger partial charge is 0.405 e. The summed E-state index contributed by atoms with van der Waals surface area (Å²) in [5.41, 5.74) is 2.68. The molecule has 4 rings (SSSR count). The van der Waals surface area contributed by atoms with Crippen molar-refractivity contribution in [1.82, 2.24) is 14.7 Å². The van der Waals surface area contributed by atoms with Gasteiger partial charge in [-0.1, -0.05) is 12.1 Å². The summed E-state index contributed by atoms with van der Waals surface area (Å²) in [5, 5.41) is 9.55. The first-order valence-electron chi connectivity index (χ1n) is 9.32. The van der Waals surface area contributed by atoms with E-state index in [0.717, 1.165) is 5.00 Å². The van der Waals surface area contributed by atoms with Crippen LogP contribution in [0.3, 0.4) is 0 Å². The molecule has 0 spiro atoms. The van der Waals surface area contributed by atoms with Gasteiger partial charge in [0.1, 0.15) is 12.2 Å². The van der Waals surface area contributed by atoms with Crippen molar-refractivity contribution in [2.45, 2.75) is 6.18 Å². The molecule has 0 aliphatic carbocycles. The van der Waals surface area contributed by atoms with Crippen molar-refractivity contribution >= 4 is 52.0 Å². The summed E-state index contributed by atoms with van der Waals surface area (Å²) in [6.07, 6.45) is -1.18. The minimum Gasteiger partial charge on any atom is -0.329 e. The van der Waals surface area contributed by atoms with Gasteiger partial charge in [0.15, 0.2) is 0 Å². The average molecular weight is 496 g/mol. The van der Waals surface area contributed by atoms with Crippen LogP contribution in [0.4, 0.5) is 28.7 Å². The average Bonchev–Trinajstić information content (AvgIpc) is 3.41. The molecule has 3 N–H and O–H groups in total. The standard InChI is InChI=1S/C21H16F3N5O2S.ClH/c22-21(23,24)12-26-20(31)27-15-4-1-3-13(9-15)16-11-25-17-10-14(6-7-29(16)17)19(30)28-18-5-2-8-32-18;/h1-11H,12H2,(H,28,30)(H2,26,27,31);1H. The number of alkyl halides is 3. The fraction of sp³-hybridized carbons (Fsp3) is 0.0952. The first kappa shape index (κ1) is 24.1. The van der Waals surface area contributed by atoms with E-state index in [-0.39, 0.29) is 18.3 Å². The lowest BCUT2D eigenvalue weighted by Crippen LogP contribution is -2.36. The lowest BCUT2D eigenvalue weighted by atomic mass is 10.1. The zero-order chi connectivity index (χ0) is 22.7. The first-order chi connectivity index (χ1) is 15.3. The van der Waals surface area contributed by atoms with E-state index in [9.17, 15) is 22.8 Å². The van der Waals surface area contributed by atoms with E-state index in [1.54, 1.807) is 64.6 Å². The molecule has 3 aromatic heterocycles. The lowest BCUT2D eigenvalue weighted by Gasteiger charge is -2.11. The molecule has 12 heteroatoms. The number of pyridine rings is 1. The van der Waals surface area contributed by atoms with Crippen molar-refractivity contribution in [2.24, 2.45) is 0 Å². The summed E-state index contributed by atoms with van der Waals surface area (Å²) >= 11 is 1.42. The van der Waals surface area contributed by atoms with E-state index in [1.165, 1.54) is 11.3 Å². The molecule has 0 aliphatic rings. The molecule has 1 aromatic carbocycles.